The molecule has 3 N–H and O–H groups in total. The zero-order valence-corrected chi connectivity index (χ0v) is 16.7. The summed E-state index contributed by atoms with van der Waals surface area (Å²) in [4.78, 5) is 27.8. The van der Waals surface area contributed by atoms with E-state index in [-0.39, 0.29) is 6.61 Å². The van der Waals surface area contributed by atoms with E-state index < -0.39 is 37.6 Å². The smallest absolute Gasteiger partial charge is 0.324 e. The quantitative estimate of drug-likeness (QED) is 0.359. The fourth-order valence-electron chi connectivity index (χ4n) is 2.61. The summed E-state index contributed by atoms with van der Waals surface area (Å²) in [5, 5.41) is 52.8. The molecule has 29 heavy (non-hydrogen) atoms. The number of rotatable bonds is 11. The minimum atomic E-state index is -1.21. The molecule has 164 valence electrons. The van der Waals surface area contributed by atoms with Gasteiger partial charge in [-0.2, -0.15) is 0 Å². The maximum atomic E-state index is 10.4. The van der Waals surface area contributed by atoms with E-state index in [2.05, 4.69) is 26.1 Å². The molecule has 0 aromatic heterocycles. The van der Waals surface area contributed by atoms with Crippen LogP contribution in [0.4, 0.5) is 17.1 Å². The summed E-state index contributed by atoms with van der Waals surface area (Å²) in [6.45, 7) is 6.80. The third-order valence-electron chi connectivity index (χ3n) is 4.12. The van der Waals surface area contributed by atoms with Gasteiger partial charge in [0.2, 0.25) is 0 Å². The van der Waals surface area contributed by atoms with Crippen LogP contribution in [0.3, 0.4) is 0 Å². The molecule has 0 aliphatic rings. The summed E-state index contributed by atoms with van der Waals surface area (Å²) in [5.41, 5.74) is -3.00. The van der Waals surface area contributed by atoms with Crippen LogP contribution in [0.15, 0.2) is 12.1 Å². The molecular weight excluding hydrogens is 388 g/mol. The molecule has 0 amide bonds. The summed E-state index contributed by atoms with van der Waals surface area (Å²) in [6, 6.07) is 1.79. The van der Waals surface area contributed by atoms with Crippen LogP contribution in [-0.4, -0.2) is 43.7 Å². The zero-order chi connectivity index (χ0) is 22.6. The van der Waals surface area contributed by atoms with E-state index in [1.165, 1.54) is 25.7 Å². The average Bonchev–Trinajstić information content (AvgIpc) is 2.66. The van der Waals surface area contributed by atoms with E-state index in [4.69, 9.17) is 10.2 Å². The Balaban J connectivity index is 0.000000555. The Kier molecular flexibility index (Phi) is 12.0. The Morgan fingerprint density at radius 1 is 0.897 bits per heavy atom. The van der Waals surface area contributed by atoms with Crippen LogP contribution in [0.2, 0.25) is 0 Å². The van der Waals surface area contributed by atoms with Gasteiger partial charge >= 0.3 is 11.4 Å². The lowest BCUT2D eigenvalue weighted by molar-refractivity contribution is -0.404. The van der Waals surface area contributed by atoms with Crippen molar-refractivity contribution in [1.82, 2.24) is 5.32 Å². The van der Waals surface area contributed by atoms with Gasteiger partial charge in [0.05, 0.1) is 33.5 Å². The first-order valence-corrected chi connectivity index (χ1v) is 9.29. The highest BCUT2D eigenvalue weighted by Crippen LogP contribution is 2.38. The molecule has 0 fully saturated rings. The Bertz CT molecular complexity index is 653. The number of aliphatic hydroxyl groups excluding tert-OH is 1. The van der Waals surface area contributed by atoms with Crippen molar-refractivity contribution in [2.24, 2.45) is 0 Å². The first-order chi connectivity index (χ1) is 13.6. The highest BCUT2D eigenvalue weighted by atomic mass is 16.6. The molecule has 12 heteroatoms. The molecule has 0 aliphatic heterocycles. The van der Waals surface area contributed by atoms with Gasteiger partial charge in [0.15, 0.2) is 0 Å². The van der Waals surface area contributed by atoms with Crippen LogP contribution in [0.25, 0.3) is 0 Å². The van der Waals surface area contributed by atoms with Gasteiger partial charge < -0.3 is 15.5 Å². The number of hydrogen-bond donors (Lipinski definition) is 3. The summed E-state index contributed by atoms with van der Waals surface area (Å²) in [6.07, 6.45) is 5.91. The second kappa shape index (κ2) is 13.3. The zero-order valence-electron chi connectivity index (χ0n) is 16.7. The minimum Gasteiger partial charge on any atom is -0.497 e. The summed E-state index contributed by atoms with van der Waals surface area (Å²) in [5.74, 6) is -1.21. The number of phenols is 1. The van der Waals surface area contributed by atoms with E-state index in [0.717, 1.165) is 6.42 Å². The van der Waals surface area contributed by atoms with Gasteiger partial charge in [-0.15, -0.1) is 0 Å². The fraction of sp³-hybridized carbons (Fsp3) is 0.647. The number of phenolic OH excluding ortho intramolecular Hbond substituents is 1. The highest BCUT2D eigenvalue weighted by molar-refractivity contribution is 5.64. The van der Waals surface area contributed by atoms with Crippen LogP contribution >= 0.6 is 0 Å². The molecule has 1 aromatic rings. The number of aliphatic hydroxyl groups is 1. The number of nitro groups is 3. The number of aromatic hydroxyl groups is 1. The number of nitrogens with one attached hydrogen (secondary N) is 1. The van der Waals surface area contributed by atoms with Crippen molar-refractivity contribution in [3.05, 3.63) is 42.5 Å². The first-order valence-electron chi connectivity index (χ1n) is 9.29. The Morgan fingerprint density at radius 3 is 1.62 bits per heavy atom. The molecule has 1 rings (SSSR count). The van der Waals surface area contributed by atoms with E-state index >= 15 is 0 Å². The van der Waals surface area contributed by atoms with Crippen LogP contribution in [0, 0.1) is 30.3 Å². The SMILES string of the molecule is CCCC(CCC)NC(CC)CO.O=[N+]([O-])c1cc([N+](=O)[O-])c(O)c([N+](=O)[O-])c1. The number of nitrogens with zero attached hydrogens (tertiary/aromatic N) is 3. The monoisotopic (exact) mass is 416 g/mol. The Labute approximate surface area is 168 Å². The van der Waals surface area contributed by atoms with Crippen molar-refractivity contribution >= 4 is 17.1 Å². The van der Waals surface area contributed by atoms with Gasteiger partial charge in [-0.1, -0.05) is 33.6 Å². The molecule has 0 radical (unpaired) electrons. The minimum absolute atomic E-state index is 0.264. The molecule has 0 aliphatic carbocycles. The molecule has 0 bridgehead atoms. The van der Waals surface area contributed by atoms with Crippen LogP contribution in [0.1, 0.15) is 52.9 Å². The molecule has 0 heterocycles. The molecular formula is C17H28N4O8. The topological polar surface area (TPSA) is 182 Å². The standard InChI is InChI=1S/C11H25NO.C6H3N3O7/c1-4-7-11(8-5-2)12-10(6-3)9-13;10-6-4(8(13)14)1-3(7(11)12)2-5(6)9(15)16/h10-13H,4-9H2,1-3H3;1-2,10H. The van der Waals surface area contributed by atoms with Gasteiger partial charge in [-0.05, 0) is 19.3 Å². The normalized spacial score (nSPS) is 11.5. The predicted octanol–water partition coefficient (Wildman–Crippen LogP) is 3.43. The molecule has 1 unspecified atom stereocenters. The molecule has 0 spiro atoms. The lowest BCUT2D eigenvalue weighted by Crippen LogP contribution is -2.40. The van der Waals surface area contributed by atoms with Crippen molar-refractivity contribution in [3.8, 4) is 5.75 Å². The van der Waals surface area contributed by atoms with E-state index in [1.807, 2.05) is 0 Å². The van der Waals surface area contributed by atoms with Gasteiger partial charge in [-0.3, -0.25) is 30.3 Å². The Morgan fingerprint density at radius 2 is 1.34 bits per heavy atom. The van der Waals surface area contributed by atoms with E-state index in [9.17, 15) is 30.3 Å². The van der Waals surface area contributed by atoms with Crippen molar-refractivity contribution in [2.75, 3.05) is 6.61 Å². The van der Waals surface area contributed by atoms with E-state index in [0.29, 0.717) is 24.2 Å². The van der Waals surface area contributed by atoms with Gasteiger partial charge in [0, 0.05) is 12.1 Å². The van der Waals surface area contributed by atoms with Gasteiger partial charge in [0.1, 0.15) is 0 Å². The maximum Gasteiger partial charge on any atom is 0.324 e. The predicted molar refractivity (Wildman–Crippen MR) is 106 cm³/mol. The lowest BCUT2D eigenvalue weighted by atomic mass is 10.1. The second-order valence-electron chi connectivity index (χ2n) is 6.33. The number of nitro benzene ring substituents is 3. The number of hydrogen-bond acceptors (Lipinski definition) is 9. The van der Waals surface area contributed by atoms with Crippen LogP contribution in [-0.2, 0) is 0 Å². The van der Waals surface area contributed by atoms with Gasteiger partial charge in [-0.25, -0.2) is 0 Å². The largest absolute Gasteiger partial charge is 0.497 e. The fourth-order valence-corrected chi connectivity index (χ4v) is 2.61. The molecule has 12 nitrogen and oxygen atoms in total. The summed E-state index contributed by atoms with van der Waals surface area (Å²) in [7, 11) is 0. The number of benzene rings is 1. The molecule has 1 aromatic carbocycles. The molecule has 0 saturated carbocycles. The van der Waals surface area contributed by atoms with Gasteiger partial charge in [0.25, 0.3) is 11.4 Å². The number of non-ortho nitro benzene ring substituents is 1. The van der Waals surface area contributed by atoms with Crippen molar-refractivity contribution in [3.63, 3.8) is 0 Å². The third kappa shape index (κ3) is 8.79. The maximum absolute atomic E-state index is 10.4. The molecule has 1 atom stereocenters. The Hall–Kier alpha value is -2.86. The van der Waals surface area contributed by atoms with Crippen molar-refractivity contribution in [1.29, 1.82) is 0 Å². The summed E-state index contributed by atoms with van der Waals surface area (Å²) >= 11 is 0. The van der Waals surface area contributed by atoms with Crippen LogP contribution in [0.5, 0.6) is 5.75 Å². The first kappa shape index (κ1) is 26.1. The van der Waals surface area contributed by atoms with Crippen molar-refractivity contribution in [2.45, 2.75) is 65.0 Å². The average molecular weight is 416 g/mol. The van der Waals surface area contributed by atoms with Crippen LogP contribution < -0.4 is 5.32 Å². The second-order valence-corrected chi connectivity index (χ2v) is 6.33. The summed E-state index contributed by atoms with van der Waals surface area (Å²) < 4.78 is 0. The molecule has 0 saturated heterocycles. The van der Waals surface area contributed by atoms with E-state index in [1.54, 1.807) is 0 Å². The highest BCUT2D eigenvalue weighted by Gasteiger charge is 2.30. The lowest BCUT2D eigenvalue weighted by Gasteiger charge is -2.23. The van der Waals surface area contributed by atoms with Crippen molar-refractivity contribution < 1.29 is 25.0 Å². The third-order valence-corrected chi connectivity index (χ3v) is 4.12.